The normalized spacial score (nSPS) is 21.9. The first kappa shape index (κ1) is 14.7. The van der Waals surface area contributed by atoms with Crippen LogP contribution >= 0.6 is 0 Å². The Kier molecular flexibility index (Phi) is 4.20. The van der Waals surface area contributed by atoms with E-state index in [2.05, 4.69) is 17.0 Å². The van der Waals surface area contributed by atoms with Gasteiger partial charge < -0.3 is 5.73 Å². The first-order valence-corrected chi connectivity index (χ1v) is 7.44. The van der Waals surface area contributed by atoms with Crippen LogP contribution in [0, 0.1) is 11.7 Å². The topological polar surface area (TPSA) is 46.3 Å². The van der Waals surface area contributed by atoms with Crippen molar-refractivity contribution in [1.82, 2.24) is 4.90 Å². The molecular weight excluding hydrogens is 279 g/mol. The summed E-state index contributed by atoms with van der Waals surface area (Å²) in [6, 6.07) is 16.5. The van der Waals surface area contributed by atoms with Crippen molar-refractivity contribution in [3.05, 3.63) is 71.5 Å². The number of primary amides is 1. The lowest BCUT2D eigenvalue weighted by Gasteiger charge is -2.16. The van der Waals surface area contributed by atoms with Crippen molar-refractivity contribution < 1.29 is 9.18 Å². The number of halogens is 1. The molecule has 0 radical (unpaired) electrons. The van der Waals surface area contributed by atoms with Crippen LogP contribution in [-0.2, 0) is 11.3 Å². The average molecular weight is 298 g/mol. The number of nitrogens with zero attached hydrogens (tertiary/aromatic N) is 1. The Morgan fingerprint density at radius 3 is 2.41 bits per heavy atom. The average Bonchev–Trinajstić information content (AvgIpc) is 2.93. The number of nitrogens with two attached hydrogens (primary N) is 1. The molecule has 2 aromatic rings. The van der Waals surface area contributed by atoms with Crippen LogP contribution in [0.1, 0.15) is 17.0 Å². The molecule has 0 aliphatic carbocycles. The van der Waals surface area contributed by atoms with Gasteiger partial charge in [0.15, 0.2) is 0 Å². The van der Waals surface area contributed by atoms with E-state index in [4.69, 9.17) is 5.73 Å². The molecule has 1 amide bonds. The second-order valence-corrected chi connectivity index (χ2v) is 5.85. The van der Waals surface area contributed by atoms with Gasteiger partial charge in [0.2, 0.25) is 5.91 Å². The lowest BCUT2D eigenvalue weighted by atomic mass is 9.88. The summed E-state index contributed by atoms with van der Waals surface area (Å²) < 4.78 is 13.1. The van der Waals surface area contributed by atoms with Crippen molar-refractivity contribution in [1.29, 1.82) is 0 Å². The van der Waals surface area contributed by atoms with Crippen LogP contribution in [0.4, 0.5) is 4.39 Å². The van der Waals surface area contributed by atoms with Gasteiger partial charge in [-0.1, -0.05) is 42.5 Å². The first-order valence-electron chi connectivity index (χ1n) is 7.44. The minimum atomic E-state index is -0.287. The summed E-state index contributed by atoms with van der Waals surface area (Å²) in [6.07, 6.45) is 0. The second kappa shape index (κ2) is 6.28. The lowest BCUT2D eigenvalue weighted by Crippen LogP contribution is -2.29. The third-order valence-electron chi connectivity index (χ3n) is 4.31. The van der Waals surface area contributed by atoms with Crippen molar-refractivity contribution in [2.75, 3.05) is 13.1 Å². The molecule has 1 fully saturated rings. The minimum Gasteiger partial charge on any atom is -0.369 e. The maximum atomic E-state index is 13.1. The number of hydrogen-bond donors (Lipinski definition) is 1. The van der Waals surface area contributed by atoms with Crippen LogP contribution in [-0.4, -0.2) is 23.9 Å². The maximum absolute atomic E-state index is 13.1. The third-order valence-corrected chi connectivity index (χ3v) is 4.31. The summed E-state index contributed by atoms with van der Waals surface area (Å²) in [5.74, 6) is -0.751. The van der Waals surface area contributed by atoms with Crippen LogP contribution in [0.3, 0.4) is 0 Å². The van der Waals surface area contributed by atoms with E-state index < -0.39 is 0 Å². The molecular formula is C18H19FN2O. The molecule has 22 heavy (non-hydrogen) atoms. The Bertz CT molecular complexity index is 642. The Hall–Kier alpha value is -2.20. The second-order valence-electron chi connectivity index (χ2n) is 5.85. The summed E-state index contributed by atoms with van der Waals surface area (Å²) in [5, 5.41) is 0. The van der Waals surface area contributed by atoms with Crippen molar-refractivity contribution in [2.24, 2.45) is 11.7 Å². The fourth-order valence-corrected chi connectivity index (χ4v) is 3.19. The van der Waals surface area contributed by atoms with Crippen molar-refractivity contribution in [3.8, 4) is 0 Å². The number of carbonyl (C=O) groups excluding carboxylic acids is 1. The third kappa shape index (κ3) is 3.17. The molecule has 2 aromatic carbocycles. The summed E-state index contributed by atoms with van der Waals surface area (Å²) in [6.45, 7) is 2.20. The molecule has 0 bridgehead atoms. The SMILES string of the molecule is NC(=O)C1CN(Cc2ccccc2)CC1c1ccc(F)cc1. The molecule has 2 unspecified atom stereocenters. The van der Waals surface area contributed by atoms with Crippen molar-refractivity contribution >= 4 is 5.91 Å². The van der Waals surface area contributed by atoms with E-state index in [-0.39, 0.29) is 23.6 Å². The molecule has 3 rings (SSSR count). The predicted molar refractivity (Wildman–Crippen MR) is 83.5 cm³/mol. The highest BCUT2D eigenvalue weighted by molar-refractivity contribution is 5.78. The Morgan fingerprint density at radius 1 is 1.09 bits per heavy atom. The van der Waals surface area contributed by atoms with Gasteiger partial charge in [-0.2, -0.15) is 0 Å². The van der Waals surface area contributed by atoms with Gasteiger partial charge >= 0.3 is 0 Å². The maximum Gasteiger partial charge on any atom is 0.222 e. The molecule has 2 atom stereocenters. The number of rotatable bonds is 4. The van der Waals surface area contributed by atoms with Crippen LogP contribution in [0.25, 0.3) is 0 Å². The smallest absolute Gasteiger partial charge is 0.222 e. The molecule has 1 aliphatic heterocycles. The summed E-state index contributed by atoms with van der Waals surface area (Å²) in [7, 11) is 0. The number of amides is 1. The fraction of sp³-hybridized carbons (Fsp3) is 0.278. The largest absolute Gasteiger partial charge is 0.369 e. The zero-order valence-electron chi connectivity index (χ0n) is 12.3. The van der Waals surface area contributed by atoms with Crippen molar-refractivity contribution in [3.63, 3.8) is 0 Å². The van der Waals surface area contributed by atoms with Gasteiger partial charge in [0.25, 0.3) is 0 Å². The van der Waals surface area contributed by atoms with Gasteiger partial charge in [-0.15, -0.1) is 0 Å². The Morgan fingerprint density at radius 2 is 1.77 bits per heavy atom. The van der Waals surface area contributed by atoms with E-state index >= 15 is 0 Å². The zero-order chi connectivity index (χ0) is 15.5. The Labute approximate surface area is 129 Å². The quantitative estimate of drug-likeness (QED) is 0.943. The highest BCUT2D eigenvalue weighted by Crippen LogP contribution is 2.33. The Balaban J connectivity index is 1.77. The minimum absolute atomic E-state index is 0.0295. The number of carbonyl (C=O) groups is 1. The summed E-state index contributed by atoms with van der Waals surface area (Å²) in [4.78, 5) is 14.0. The summed E-state index contributed by atoms with van der Waals surface area (Å²) in [5.41, 5.74) is 7.76. The van der Waals surface area contributed by atoms with Crippen molar-refractivity contribution in [2.45, 2.75) is 12.5 Å². The number of hydrogen-bond acceptors (Lipinski definition) is 2. The van der Waals surface area contributed by atoms with E-state index in [1.54, 1.807) is 12.1 Å². The monoisotopic (exact) mass is 298 g/mol. The van der Waals surface area contributed by atoms with Gasteiger partial charge in [-0.3, -0.25) is 9.69 Å². The molecule has 2 N–H and O–H groups in total. The molecule has 0 saturated carbocycles. The molecule has 1 saturated heterocycles. The molecule has 114 valence electrons. The standard InChI is InChI=1S/C18H19FN2O/c19-15-8-6-14(7-9-15)16-11-21(12-17(16)18(20)22)10-13-4-2-1-3-5-13/h1-9,16-17H,10-12H2,(H2,20,22). The molecule has 0 spiro atoms. The highest BCUT2D eigenvalue weighted by Gasteiger charge is 2.37. The molecule has 1 heterocycles. The van der Waals surface area contributed by atoms with E-state index in [9.17, 15) is 9.18 Å². The van der Waals surface area contributed by atoms with E-state index in [0.717, 1.165) is 18.7 Å². The predicted octanol–water partition coefficient (Wildman–Crippen LogP) is 2.53. The van der Waals surface area contributed by atoms with Gasteiger partial charge in [-0.25, -0.2) is 4.39 Å². The van der Waals surface area contributed by atoms with Crippen LogP contribution < -0.4 is 5.73 Å². The number of likely N-dealkylation sites (tertiary alicyclic amines) is 1. The van der Waals surface area contributed by atoms with Gasteiger partial charge in [0.05, 0.1) is 5.92 Å². The molecule has 4 heteroatoms. The van der Waals surface area contributed by atoms with E-state index in [1.807, 2.05) is 18.2 Å². The van der Waals surface area contributed by atoms with Crippen LogP contribution in [0.2, 0.25) is 0 Å². The van der Waals surface area contributed by atoms with Gasteiger partial charge in [0, 0.05) is 25.6 Å². The van der Waals surface area contributed by atoms with Gasteiger partial charge in [0.1, 0.15) is 5.82 Å². The summed E-state index contributed by atoms with van der Waals surface area (Å²) >= 11 is 0. The highest BCUT2D eigenvalue weighted by atomic mass is 19.1. The van der Waals surface area contributed by atoms with E-state index in [0.29, 0.717) is 6.54 Å². The lowest BCUT2D eigenvalue weighted by molar-refractivity contribution is -0.121. The molecule has 1 aliphatic rings. The zero-order valence-corrected chi connectivity index (χ0v) is 12.3. The molecule has 0 aromatic heterocycles. The van der Waals surface area contributed by atoms with Crippen LogP contribution in [0.5, 0.6) is 0 Å². The van der Waals surface area contributed by atoms with Crippen LogP contribution in [0.15, 0.2) is 54.6 Å². The van der Waals surface area contributed by atoms with E-state index in [1.165, 1.54) is 17.7 Å². The first-order chi connectivity index (χ1) is 10.6. The van der Waals surface area contributed by atoms with Gasteiger partial charge in [-0.05, 0) is 23.3 Å². The fourth-order valence-electron chi connectivity index (χ4n) is 3.19. The number of benzene rings is 2. The molecule has 3 nitrogen and oxygen atoms in total.